The van der Waals surface area contributed by atoms with E-state index in [1.807, 2.05) is 6.92 Å². The Kier molecular flexibility index (Phi) is 13.4. The molecule has 0 N–H and O–H groups in total. The number of fused-ring (bicyclic) bond motifs is 2. The molecule has 2 unspecified atom stereocenters. The molecule has 1 saturated heterocycles. The van der Waals surface area contributed by atoms with Gasteiger partial charge in [-0.2, -0.15) is 0 Å². The second kappa shape index (κ2) is 15.5. The molecule has 2 bridgehead atoms. The molecule has 0 aromatic carbocycles. The van der Waals surface area contributed by atoms with Crippen LogP contribution >= 0.6 is 0 Å². The van der Waals surface area contributed by atoms with E-state index in [-0.39, 0.29) is 30.2 Å². The van der Waals surface area contributed by atoms with Crippen LogP contribution in [-0.2, 0) is 23.1 Å². The molecular weight excluding hydrogens is 468 g/mol. The van der Waals surface area contributed by atoms with Crippen molar-refractivity contribution in [2.24, 2.45) is 17.8 Å². The highest BCUT2D eigenvalue weighted by molar-refractivity contribution is 6.73. The molecule has 208 valence electrons. The summed E-state index contributed by atoms with van der Waals surface area (Å²) in [7, 11) is -2.51. The van der Waals surface area contributed by atoms with Crippen molar-refractivity contribution in [2.45, 2.75) is 131 Å². The van der Waals surface area contributed by atoms with E-state index >= 15 is 0 Å². The summed E-state index contributed by atoms with van der Waals surface area (Å²) in [5.74, 6) is 0.721. The van der Waals surface area contributed by atoms with Gasteiger partial charge in [-0.15, -0.1) is 0 Å². The second-order valence-electron chi connectivity index (χ2n) is 11.4. The van der Waals surface area contributed by atoms with Gasteiger partial charge in [0.2, 0.25) is 0 Å². The third-order valence-corrected chi connectivity index (χ3v) is 11.0. The van der Waals surface area contributed by atoms with Crippen LogP contribution in [0.5, 0.6) is 0 Å². The molecular formula is C30H54O5Si. The summed E-state index contributed by atoms with van der Waals surface area (Å²) in [4.78, 5) is 12.8. The Morgan fingerprint density at radius 3 is 2.33 bits per heavy atom. The molecule has 5 nitrogen and oxygen atoms in total. The Balaban J connectivity index is 2.31. The van der Waals surface area contributed by atoms with Gasteiger partial charge in [0.1, 0.15) is 6.10 Å². The SMILES string of the molecule is C=C1CC(CCC)OC(=O)C(C)CCCC[C@@H]2O[C@@H](C/C([Si](C)(OCC)OCC)=C/[C@H](C)C1)C[C@@H]2C. The van der Waals surface area contributed by atoms with Gasteiger partial charge >= 0.3 is 14.5 Å². The van der Waals surface area contributed by atoms with Gasteiger partial charge in [0.25, 0.3) is 0 Å². The van der Waals surface area contributed by atoms with E-state index in [4.69, 9.17) is 18.3 Å². The van der Waals surface area contributed by atoms with Crippen molar-refractivity contribution in [3.8, 4) is 0 Å². The van der Waals surface area contributed by atoms with Crippen molar-refractivity contribution in [2.75, 3.05) is 13.2 Å². The third kappa shape index (κ3) is 9.73. The van der Waals surface area contributed by atoms with Gasteiger partial charge in [0, 0.05) is 19.6 Å². The Hall–Kier alpha value is -0.953. The lowest BCUT2D eigenvalue weighted by atomic mass is 9.95. The van der Waals surface area contributed by atoms with E-state index in [1.165, 1.54) is 5.20 Å². The zero-order chi connectivity index (χ0) is 26.7. The Morgan fingerprint density at radius 2 is 1.69 bits per heavy atom. The van der Waals surface area contributed by atoms with Gasteiger partial charge in [0.15, 0.2) is 0 Å². The number of cyclic esters (lactones) is 1. The minimum Gasteiger partial charge on any atom is -0.462 e. The highest BCUT2D eigenvalue weighted by Crippen LogP contribution is 2.36. The summed E-state index contributed by atoms with van der Waals surface area (Å²) in [5.41, 5.74) is 1.14. The number of hydrogen-bond acceptors (Lipinski definition) is 5. The maximum Gasteiger partial charge on any atom is 0.364 e. The van der Waals surface area contributed by atoms with Crippen LogP contribution in [0.4, 0.5) is 0 Å². The Morgan fingerprint density at radius 1 is 1.03 bits per heavy atom. The highest BCUT2D eigenvalue weighted by atomic mass is 28.4. The van der Waals surface area contributed by atoms with E-state index in [0.717, 1.165) is 69.8 Å². The van der Waals surface area contributed by atoms with Gasteiger partial charge in [-0.05, 0) is 76.0 Å². The normalized spacial score (nSPS) is 33.4. The molecule has 0 aromatic rings. The first kappa shape index (κ1) is 31.3. The molecule has 0 saturated carbocycles. The molecule has 2 heterocycles. The molecule has 0 spiro atoms. The average Bonchev–Trinajstić information content (AvgIpc) is 3.14. The molecule has 0 amide bonds. The highest BCUT2D eigenvalue weighted by Gasteiger charge is 2.40. The summed E-state index contributed by atoms with van der Waals surface area (Å²) < 4.78 is 25.3. The lowest BCUT2D eigenvalue weighted by Crippen LogP contribution is -2.43. The molecule has 2 aliphatic rings. The first-order chi connectivity index (χ1) is 17.1. The molecule has 1 fully saturated rings. The minimum absolute atomic E-state index is 0.0571. The van der Waals surface area contributed by atoms with Gasteiger partial charge in [-0.1, -0.05) is 65.2 Å². The smallest absolute Gasteiger partial charge is 0.364 e. The first-order valence-electron chi connectivity index (χ1n) is 14.6. The third-order valence-electron chi connectivity index (χ3n) is 7.79. The molecule has 6 atom stereocenters. The molecule has 2 aliphatic heterocycles. The van der Waals surface area contributed by atoms with Gasteiger partial charge in [0.05, 0.1) is 18.1 Å². The topological polar surface area (TPSA) is 54.0 Å². The molecule has 0 aliphatic carbocycles. The number of carbonyl (C=O) groups excluding carboxylic acids is 1. The molecule has 6 heteroatoms. The second-order valence-corrected chi connectivity index (χ2v) is 14.5. The van der Waals surface area contributed by atoms with E-state index in [1.54, 1.807) is 0 Å². The number of ether oxygens (including phenoxy) is 2. The molecule has 0 radical (unpaired) electrons. The predicted molar refractivity (Wildman–Crippen MR) is 150 cm³/mol. The van der Waals surface area contributed by atoms with Crippen molar-refractivity contribution in [1.82, 2.24) is 0 Å². The number of carbonyl (C=O) groups is 1. The van der Waals surface area contributed by atoms with E-state index in [2.05, 4.69) is 53.8 Å². The van der Waals surface area contributed by atoms with Crippen LogP contribution < -0.4 is 0 Å². The van der Waals surface area contributed by atoms with E-state index < -0.39 is 8.56 Å². The van der Waals surface area contributed by atoms with Crippen LogP contribution in [0, 0.1) is 17.8 Å². The number of hydrogen-bond donors (Lipinski definition) is 0. The van der Waals surface area contributed by atoms with E-state index in [9.17, 15) is 4.79 Å². The van der Waals surface area contributed by atoms with Crippen LogP contribution in [0.1, 0.15) is 106 Å². The van der Waals surface area contributed by atoms with Crippen LogP contribution in [0.15, 0.2) is 23.4 Å². The van der Waals surface area contributed by atoms with Crippen molar-refractivity contribution in [1.29, 1.82) is 0 Å². The molecule has 36 heavy (non-hydrogen) atoms. The lowest BCUT2D eigenvalue weighted by molar-refractivity contribution is -0.154. The fourth-order valence-electron chi connectivity index (χ4n) is 5.90. The zero-order valence-electron chi connectivity index (χ0n) is 24.3. The first-order valence-corrected chi connectivity index (χ1v) is 16.9. The summed E-state index contributed by atoms with van der Waals surface area (Å²) in [6.07, 6.45) is 12.3. The van der Waals surface area contributed by atoms with E-state index in [0.29, 0.717) is 25.0 Å². The summed E-state index contributed by atoms with van der Waals surface area (Å²) in [6, 6.07) is 0. The average molecular weight is 523 g/mol. The molecule has 2 rings (SSSR count). The molecule has 0 aromatic heterocycles. The quantitative estimate of drug-likeness (QED) is 0.195. The van der Waals surface area contributed by atoms with Crippen molar-refractivity contribution in [3.05, 3.63) is 23.4 Å². The summed E-state index contributed by atoms with van der Waals surface area (Å²) in [5, 5.41) is 1.30. The minimum atomic E-state index is -2.51. The van der Waals surface area contributed by atoms with Gasteiger partial charge in [-0.3, -0.25) is 4.79 Å². The predicted octanol–water partition coefficient (Wildman–Crippen LogP) is 7.68. The number of esters is 1. The number of allylic oxidation sites excluding steroid dienone is 1. The van der Waals surface area contributed by atoms with Crippen molar-refractivity contribution >= 4 is 14.5 Å². The standard InChI is InChI=1S/C30H54O5Si/c1-9-14-26-18-22(4)17-23(5)19-28(36(8,32-10-2)33-11-3)21-27-20-25(7)29(34-27)16-13-12-15-24(6)30(31)35-26/h19,23-27,29H,4,9-18,20-21H2,1-3,5-8H3/b28-19-/t23-,24?,25+,26?,27-,29+/m1/s1. The van der Waals surface area contributed by atoms with Crippen molar-refractivity contribution < 1.29 is 23.1 Å². The number of rotatable bonds is 7. The summed E-state index contributed by atoms with van der Waals surface area (Å²) >= 11 is 0. The van der Waals surface area contributed by atoms with Crippen LogP contribution in [0.25, 0.3) is 0 Å². The van der Waals surface area contributed by atoms with Gasteiger partial charge < -0.3 is 18.3 Å². The summed E-state index contributed by atoms with van der Waals surface area (Å²) in [6.45, 7) is 20.7. The monoisotopic (exact) mass is 522 g/mol. The Bertz CT molecular complexity index is 714. The Labute approximate surface area is 222 Å². The maximum absolute atomic E-state index is 12.8. The van der Waals surface area contributed by atoms with Crippen LogP contribution in [0.2, 0.25) is 6.55 Å². The largest absolute Gasteiger partial charge is 0.462 e. The fourth-order valence-corrected chi connectivity index (χ4v) is 8.64. The van der Waals surface area contributed by atoms with Crippen molar-refractivity contribution in [3.63, 3.8) is 0 Å². The fraction of sp³-hybridized carbons (Fsp3) is 0.833. The van der Waals surface area contributed by atoms with Crippen LogP contribution in [-0.4, -0.2) is 46.1 Å². The zero-order valence-corrected chi connectivity index (χ0v) is 25.3. The van der Waals surface area contributed by atoms with Crippen LogP contribution in [0.3, 0.4) is 0 Å². The van der Waals surface area contributed by atoms with Gasteiger partial charge in [-0.25, -0.2) is 0 Å². The lowest BCUT2D eigenvalue weighted by Gasteiger charge is -2.31. The maximum atomic E-state index is 12.8.